The number of fused-ring (bicyclic) bond motifs is 1. The Morgan fingerprint density at radius 1 is 1.21 bits per heavy atom. The number of nitro benzene ring substituents is 1. The van der Waals surface area contributed by atoms with Gasteiger partial charge in [-0.3, -0.25) is 14.9 Å². The van der Waals surface area contributed by atoms with Gasteiger partial charge in [0.2, 0.25) is 0 Å². The molecule has 7 nitrogen and oxygen atoms in total. The summed E-state index contributed by atoms with van der Waals surface area (Å²) in [7, 11) is 1.36. The third-order valence-corrected chi connectivity index (χ3v) is 5.47. The molecule has 2 aromatic carbocycles. The van der Waals surface area contributed by atoms with E-state index in [1.54, 1.807) is 0 Å². The van der Waals surface area contributed by atoms with Crippen LogP contribution in [0.5, 0.6) is 5.75 Å². The van der Waals surface area contributed by atoms with Crippen LogP contribution in [0.25, 0.3) is 10.9 Å². The van der Waals surface area contributed by atoms with Crippen molar-refractivity contribution in [2.45, 2.75) is 18.8 Å². The van der Waals surface area contributed by atoms with Crippen molar-refractivity contribution in [1.82, 2.24) is 9.88 Å². The molecule has 28 heavy (non-hydrogen) atoms. The molecule has 4 rings (SSSR count). The minimum absolute atomic E-state index is 0.101. The average molecular weight is 379 g/mol. The Morgan fingerprint density at radius 2 is 1.96 bits per heavy atom. The fraction of sp³-hybridized carbons (Fsp3) is 0.286. The SMILES string of the molecule is COc1cc(C(=O)N2CCC(c3c[nH]c4ccccc34)CC2)ccc1[N+](=O)[O-]. The van der Waals surface area contributed by atoms with Gasteiger partial charge in [-0.1, -0.05) is 18.2 Å². The molecule has 3 aromatic rings. The second-order valence-corrected chi connectivity index (χ2v) is 7.00. The molecule has 0 atom stereocenters. The summed E-state index contributed by atoms with van der Waals surface area (Å²) in [4.78, 5) is 28.5. The molecule has 0 aliphatic carbocycles. The topological polar surface area (TPSA) is 88.5 Å². The predicted octanol–water partition coefficient (Wildman–Crippen LogP) is 4.10. The Hall–Kier alpha value is -3.35. The first-order valence-corrected chi connectivity index (χ1v) is 9.26. The van der Waals surface area contributed by atoms with Crippen LogP contribution in [0.15, 0.2) is 48.7 Å². The average Bonchev–Trinajstić information content (AvgIpc) is 3.17. The van der Waals surface area contributed by atoms with E-state index in [0.29, 0.717) is 24.6 Å². The molecule has 144 valence electrons. The number of aromatic nitrogens is 1. The van der Waals surface area contributed by atoms with E-state index in [-0.39, 0.29) is 17.3 Å². The quantitative estimate of drug-likeness (QED) is 0.546. The number of methoxy groups -OCH3 is 1. The van der Waals surface area contributed by atoms with Gasteiger partial charge in [0, 0.05) is 47.9 Å². The largest absolute Gasteiger partial charge is 0.490 e. The molecule has 0 unspecified atom stereocenters. The molecule has 1 aliphatic rings. The molecule has 1 saturated heterocycles. The molecule has 1 fully saturated rings. The molecule has 1 N–H and O–H groups in total. The number of rotatable bonds is 4. The van der Waals surface area contributed by atoms with E-state index < -0.39 is 4.92 Å². The number of benzene rings is 2. The summed E-state index contributed by atoms with van der Waals surface area (Å²) in [5.41, 5.74) is 2.71. The molecule has 1 amide bonds. The molecular formula is C21H21N3O4. The van der Waals surface area contributed by atoms with Gasteiger partial charge in [-0.25, -0.2) is 0 Å². The third-order valence-electron chi connectivity index (χ3n) is 5.47. The number of aromatic amines is 1. The minimum atomic E-state index is -0.514. The summed E-state index contributed by atoms with van der Waals surface area (Å²) in [6.07, 6.45) is 3.85. The van der Waals surface area contributed by atoms with Crippen LogP contribution >= 0.6 is 0 Å². The first-order chi connectivity index (χ1) is 13.6. The highest BCUT2D eigenvalue weighted by atomic mass is 16.6. The first-order valence-electron chi connectivity index (χ1n) is 9.26. The number of nitro groups is 1. The molecule has 1 aromatic heterocycles. The lowest BCUT2D eigenvalue weighted by atomic mass is 9.89. The van der Waals surface area contributed by atoms with Crippen LogP contribution in [-0.2, 0) is 0 Å². The fourth-order valence-electron chi connectivity index (χ4n) is 3.97. The number of nitrogens with one attached hydrogen (secondary N) is 1. The zero-order valence-electron chi connectivity index (χ0n) is 15.6. The van der Waals surface area contributed by atoms with Crippen LogP contribution in [0.3, 0.4) is 0 Å². The maximum Gasteiger partial charge on any atom is 0.310 e. The van der Waals surface area contributed by atoms with Gasteiger partial charge >= 0.3 is 5.69 Å². The molecule has 0 saturated carbocycles. The second-order valence-electron chi connectivity index (χ2n) is 7.00. The molecular weight excluding hydrogens is 358 g/mol. The molecule has 0 spiro atoms. The number of amides is 1. The standard InChI is InChI=1S/C21H21N3O4/c1-28-20-12-15(6-7-19(20)24(26)27)21(25)23-10-8-14(9-11-23)17-13-22-18-5-3-2-4-16(17)18/h2-7,12-14,22H,8-11H2,1H3. The van der Waals surface area contributed by atoms with Gasteiger partial charge in [0.1, 0.15) is 0 Å². The molecule has 1 aliphatic heterocycles. The van der Waals surface area contributed by atoms with Gasteiger partial charge in [-0.05, 0) is 36.5 Å². The zero-order valence-corrected chi connectivity index (χ0v) is 15.6. The molecule has 0 radical (unpaired) electrons. The van der Waals surface area contributed by atoms with Crippen LogP contribution in [0.4, 0.5) is 5.69 Å². The van der Waals surface area contributed by atoms with Crippen LogP contribution in [0.1, 0.15) is 34.7 Å². The van der Waals surface area contributed by atoms with Crippen molar-refractivity contribution in [2.75, 3.05) is 20.2 Å². The lowest BCUT2D eigenvalue weighted by Gasteiger charge is -2.32. The highest BCUT2D eigenvalue weighted by molar-refractivity contribution is 5.95. The molecule has 2 heterocycles. The maximum absolute atomic E-state index is 12.8. The number of carbonyl (C=O) groups excluding carboxylic acids is 1. The molecule has 7 heteroatoms. The Bertz CT molecular complexity index is 1040. The van der Waals surface area contributed by atoms with Crippen LogP contribution < -0.4 is 4.74 Å². The van der Waals surface area contributed by atoms with Crippen molar-refractivity contribution in [2.24, 2.45) is 0 Å². The fourth-order valence-corrected chi connectivity index (χ4v) is 3.97. The van der Waals surface area contributed by atoms with Gasteiger partial charge in [0.15, 0.2) is 5.75 Å². The van der Waals surface area contributed by atoms with Crippen molar-refractivity contribution < 1.29 is 14.5 Å². The summed E-state index contributed by atoms with van der Waals surface area (Å²) < 4.78 is 5.08. The number of H-pyrrole nitrogens is 1. The van der Waals surface area contributed by atoms with Crippen molar-refractivity contribution in [3.8, 4) is 5.75 Å². The van der Waals surface area contributed by atoms with E-state index in [0.717, 1.165) is 18.4 Å². The number of nitrogens with zero attached hydrogens (tertiary/aromatic N) is 2. The number of para-hydroxylation sites is 1. The van der Waals surface area contributed by atoms with Gasteiger partial charge in [-0.2, -0.15) is 0 Å². The third kappa shape index (κ3) is 3.19. The van der Waals surface area contributed by atoms with Crippen molar-refractivity contribution >= 4 is 22.5 Å². The van der Waals surface area contributed by atoms with Crippen molar-refractivity contribution in [3.05, 3.63) is 69.9 Å². The summed E-state index contributed by atoms with van der Waals surface area (Å²) in [5.74, 6) is 0.390. The smallest absolute Gasteiger partial charge is 0.310 e. The first kappa shape index (κ1) is 18.0. The Kier molecular flexibility index (Phi) is 4.73. The van der Waals surface area contributed by atoms with Crippen LogP contribution in [-0.4, -0.2) is 40.9 Å². The second kappa shape index (κ2) is 7.34. The minimum Gasteiger partial charge on any atom is -0.490 e. The van der Waals surface area contributed by atoms with E-state index >= 15 is 0 Å². The van der Waals surface area contributed by atoms with E-state index in [1.165, 1.54) is 36.3 Å². The number of hydrogen-bond donors (Lipinski definition) is 1. The normalized spacial score (nSPS) is 15.0. The van der Waals surface area contributed by atoms with Crippen molar-refractivity contribution in [1.29, 1.82) is 0 Å². The number of ether oxygens (including phenoxy) is 1. The zero-order chi connectivity index (χ0) is 19.7. The number of likely N-dealkylation sites (tertiary alicyclic amines) is 1. The number of carbonyl (C=O) groups is 1. The highest BCUT2D eigenvalue weighted by Gasteiger charge is 2.27. The lowest BCUT2D eigenvalue weighted by Crippen LogP contribution is -2.37. The maximum atomic E-state index is 12.8. The summed E-state index contributed by atoms with van der Waals surface area (Å²) in [5, 5.41) is 12.3. The Labute approximate surface area is 162 Å². The van der Waals surface area contributed by atoms with Gasteiger partial charge in [0.05, 0.1) is 12.0 Å². The van der Waals surface area contributed by atoms with Crippen LogP contribution in [0.2, 0.25) is 0 Å². The monoisotopic (exact) mass is 379 g/mol. The van der Waals surface area contributed by atoms with E-state index in [2.05, 4.69) is 23.3 Å². The van der Waals surface area contributed by atoms with Gasteiger partial charge < -0.3 is 14.6 Å². The van der Waals surface area contributed by atoms with E-state index in [9.17, 15) is 14.9 Å². The highest BCUT2D eigenvalue weighted by Crippen LogP contribution is 2.34. The van der Waals surface area contributed by atoms with Gasteiger partial charge in [0.25, 0.3) is 5.91 Å². The summed E-state index contributed by atoms with van der Waals surface area (Å²) in [6.45, 7) is 1.31. The molecule has 0 bridgehead atoms. The number of piperidine rings is 1. The van der Waals surface area contributed by atoms with E-state index in [4.69, 9.17) is 4.74 Å². The van der Waals surface area contributed by atoms with E-state index in [1.807, 2.05) is 17.0 Å². The number of hydrogen-bond acceptors (Lipinski definition) is 4. The Morgan fingerprint density at radius 3 is 2.68 bits per heavy atom. The van der Waals surface area contributed by atoms with Crippen molar-refractivity contribution in [3.63, 3.8) is 0 Å². The van der Waals surface area contributed by atoms with Crippen LogP contribution in [0, 0.1) is 10.1 Å². The predicted molar refractivity (Wildman–Crippen MR) is 106 cm³/mol. The summed E-state index contributed by atoms with van der Waals surface area (Å²) >= 11 is 0. The lowest BCUT2D eigenvalue weighted by molar-refractivity contribution is -0.385. The Balaban J connectivity index is 1.48. The van der Waals surface area contributed by atoms with Gasteiger partial charge in [-0.15, -0.1) is 0 Å². The summed E-state index contributed by atoms with van der Waals surface area (Å²) in [6, 6.07) is 12.5.